The van der Waals surface area contributed by atoms with Crippen LogP contribution in [0.5, 0.6) is 0 Å². The first kappa shape index (κ1) is 20.1. The number of hydrogen-bond acceptors (Lipinski definition) is 3. The SMILES string of the molecule is CN1CCN(CC(=O)NC2CCCc3c2[nH]c2ccc(C4CCCCC4)cc32)CC1. The monoisotopic (exact) mass is 408 g/mol. The van der Waals surface area contributed by atoms with E-state index in [4.69, 9.17) is 0 Å². The molecular formula is C25H36N4O. The topological polar surface area (TPSA) is 51.4 Å². The van der Waals surface area contributed by atoms with Crippen LogP contribution in [0.1, 0.15) is 73.7 Å². The molecule has 1 amide bonds. The van der Waals surface area contributed by atoms with E-state index in [9.17, 15) is 4.79 Å². The summed E-state index contributed by atoms with van der Waals surface area (Å²) < 4.78 is 0. The molecule has 2 fully saturated rings. The molecule has 1 aliphatic heterocycles. The lowest BCUT2D eigenvalue weighted by Gasteiger charge is -2.32. The van der Waals surface area contributed by atoms with E-state index in [0.29, 0.717) is 6.54 Å². The molecule has 2 heterocycles. The predicted octanol–water partition coefficient (Wildman–Crippen LogP) is 3.96. The highest BCUT2D eigenvalue weighted by atomic mass is 16.2. The number of amides is 1. The van der Waals surface area contributed by atoms with Crippen LogP contribution < -0.4 is 5.32 Å². The third kappa shape index (κ3) is 4.15. The average Bonchev–Trinajstić information content (AvgIpc) is 3.15. The van der Waals surface area contributed by atoms with Crippen LogP contribution in [-0.2, 0) is 11.2 Å². The van der Waals surface area contributed by atoms with Gasteiger partial charge in [-0.3, -0.25) is 9.69 Å². The number of piperazine rings is 1. The highest BCUT2D eigenvalue weighted by Gasteiger charge is 2.27. The van der Waals surface area contributed by atoms with Crippen LogP contribution in [0.3, 0.4) is 0 Å². The van der Waals surface area contributed by atoms with Crippen LogP contribution in [0.25, 0.3) is 10.9 Å². The number of likely N-dealkylation sites (N-methyl/N-ethyl adjacent to an activating group) is 1. The lowest BCUT2D eigenvalue weighted by atomic mass is 9.83. The quantitative estimate of drug-likeness (QED) is 0.805. The fourth-order valence-electron chi connectivity index (χ4n) is 5.76. The first-order chi connectivity index (χ1) is 14.7. The second-order valence-electron chi connectivity index (χ2n) is 9.75. The first-order valence-corrected chi connectivity index (χ1v) is 12.0. The summed E-state index contributed by atoms with van der Waals surface area (Å²) in [6.45, 7) is 4.58. The molecule has 2 N–H and O–H groups in total. The van der Waals surface area contributed by atoms with Gasteiger partial charge in [0.15, 0.2) is 0 Å². The number of nitrogens with one attached hydrogen (secondary N) is 2. The molecule has 5 heteroatoms. The number of aromatic nitrogens is 1. The van der Waals surface area contributed by atoms with Crippen molar-refractivity contribution in [2.45, 2.75) is 63.3 Å². The largest absolute Gasteiger partial charge is 0.356 e. The number of rotatable bonds is 4. The number of nitrogens with zero attached hydrogens (tertiary/aromatic N) is 2. The Labute approximate surface area is 180 Å². The predicted molar refractivity (Wildman–Crippen MR) is 122 cm³/mol. The zero-order valence-corrected chi connectivity index (χ0v) is 18.4. The van der Waals surface area contributed by atoms with Crippen molar-refractivity contribution in [3.05, 3.63) is 35.0 Å². The van der Waals surface area contributed by atoms with Gasteiger partial charge in [0, 0.05) is 42.8 Å². The highest BCUT2D eigenvalue weighted by Crippen LogP contribution is 2.38. The van der Waals surface area contributed by atoms with Crippen molar-refractivity contribution in [2.75, 3.05) is 39.8 Å². The van der Waals surface area contributed by atoms with E-state index in [0.717, 1.165) is 51.4 Å². The van der Waals surface area contributed by atoms with Gasteiger partial charge in [-0.2, -0.15) is 0 Å². The maximum Gasteiger partial charge on any atom is 0.234 e. The molecule has 2 aliphatic carbocycles. The molecule has 1 saturated carbocycles. The number of hydrogen-bond donors (Lipinski definition) is 2. The minimum Gasteiger partial charge on any atom is -0.356 e. The van der Waals surface area contributed by atoms with Crippen LogP contribution >= 0.6 is 0 Å². The van der Waals surface area contributed by atoms with Crippen LogP contribution in [0, 0.1) is 0 Å². The molecule has 5 nitrogen and oxygen atoms in total. The van der Waals surface area contributed by atoms with Crippen LogP contribution in [0.15, 0.2) is 18.2 Å². The van der Waals surface area contributed by atoms with E-state index in [2.05, 4.69) is 45.3 Å². The average molecular weight is 409 g/mol. The van der Waals surface area contributed by atoms with Gasteiger partial charge in [0.2, 0.25) is 5.91 Å². The summed E-state index contributed by atoms with van der Waals surface area (Å²) in [7, 11) is 2.15. The highest BCUT2D eigenvalue weighted by molar-refractivity contribution is 5.86. The summed E-state index contributed by atoms with van der Waals surface area (Å²) in [4.78, 5) is 21.0. The minimum atomic E-state index is 0.124. The van der Waals surface area contributed by atoms with Crippen molar-refractivity contribution in [3.63, 3.8) is 0 Å². The maximum absolute atomic E-state index is 12.8. The molecule has 1 aromatic heterocycles. The van der Waals surface area contributed by atoms with Crippen LogP contribution in [-0.4, -0.2) is 60.5 Å². The summed E-state index contributed by atoms with van der Waals surface area (Å²) in [5.41, 5.74) is 5.45. The Hall–Kier alpha value is -1.85. The molecule has 1 unspecified atom stereocenters. The second kappa shape index (κ2) is 8.72. The molecule has 5 rings (SSSR count). The zero-order chi connectivity index (χ0) is 20.5. The van der Waals surface area contributed by atoms with Gasteiger partial charge in [-0.05, 0) is 68.3 Å². The number of carbonyl (C=O) groups is 1. The summed E-state index contributed by atoms with van der Waals surface area (Å²) in [6, 6.07) is 7.19. The fourth-order valence-corrected chi connectivity index (χ4v) is 5.76. The maximum atomic E-state index is 12.8. The van der Waals surface area contributed by atoms with Crippen molar-refractivity contribution in [3.8, 4) is 0 Å². The number of aryl methyl sites for hydroxylation is 1. The van der Waals surface area contributed by atoms with Crippen molar-refractivity contribution < 1.29 is 4.79 Å². The Morgan fingerprint density at radius 1 is 1.07 bits per heavy atom. The number of H-pyrrole nitrogens is 1. The first-order valence-electron chi connectivity index (χ1n) is 12.0. The molecular weight excluding hydrogens is 372 g/mol. The summed E-state index contributed by atoms with van der Waals surface area (Å²) in [5, 5.41) is 4.74. The van der Waals surface area contributed by atoms with E-state index in [-0.39, 0.29) is 11.9 Å². The normalized spacial score (nSPS) is 24.1. The third-order valence-electron chi connectivity index (χ3n) is 7.61. The Morgan fingerprint density at radius 2 is 1.87 bits per heavy atom. The van der Waals surface area contributed by atoms with E-state index in [1.807, 2.05) is 0 Å². The Morgan fingerprint density at radius 3 is 2.67 bits per heavy atom. The Balaban J connectivity index is 1.31. The number of benzene rings is 1. The number of carbonyl (C=O) groups excluding carboxylic acids is 1. The van der Waals surface area contributed by atoms with Crippen LogP contribution in [0.4, 0.5) is 0 Å². The van der Waals surface area contributed by atoms with Gasteiger partial charge in [0.1, 0.15) is 0 Å². The van der Waals surface area contributed by atoms with Gasteiger partial charge in [-0.15, -0.1) is 0 Å². The summed E-state index contributed by atoms with van der Waals surface area (Å²) in [6.07, 6.45) is 10.1. The summed E-state index contributed by atoms with van der Waals surface area (Å²) >= 11 is 0. The molecule has 1 aromatic carbocycles. The van der Waals surface area contributed by atoms with Crippen molar-refractivity contribution in [1.82, 2.24) is 20.1 Å². The fraction of sp³-hybridized carbons (Fsp3) is 0.640. The molecule has 1 atom stereocenters. The van der Waals surface area contributed by atoms with Gasteiger partial charge in [-0.25, -0.2) is 0 Å². The van der Waals surface area contributed by atoms with Gasteiger partial charge in [-0.1, -0.05) is 25.3 Å². The Kier molecular flexibility index (Phi) is 5.83. The van der Waals surface area contributed by atoms with E-state index in [1.54, 1.807) is 0 Å². The minimum absolute atomic E-state index is 0.124. The van der Waals surface area contributed by atoms with E-state index >= 15 is 0 Å². The molecule has 0 spiro atoms. The zero-order valence-electron chi connectivity index (χ0n) is 18.4. The third-order valence-corrected chi connectivity index (χ3v) is 7.61. The molecule has 0 radical (unpaired) electrons. The van der Waals surface area contributed by atoms with Gasteiger partial charge >= 0.3 is 0 Å². The molecule has 2 aromatic rings. The Bertz CT molecular complexity index is 890. The molecule has 162 valence electrons. The van der Waals surface area contributed by atoms with Gasteiger partial charge in [0.25, 0.3) is 0 Å². The summed E-state index contributed by atoms with van der Waals surface area (Å²) in [5.74, 6) is 0.898. The van der Waals surface area contributed by atoms with Gasteiger partial charge in [0.05, 0.1) is 12.6 Å². The molecule has 0 bridgehead atoms. The van der Waals surface area contributed by atoms with Crippen molar-refractivity contribution >= 4 is 16.8 Å². The lowest BCUT2D eigenvalue weighted by molar-refractivity contribution is -0.123. The second-order valence-corrected chi connectivity index (χ2v) is 9.75. The molecule has 30 heavy (non-hydrogen) atoms. The van der Waals surface area contributed by atoms with E-state index < -0.39 is 0 Å². The van der Waals surface area contributed by atoms with E-state index in [1.165, 1.54) is 59.8 Å². The van der Waals surface area contributed by atoms with Crippen LogP contribution in [0.2, 0.25) is 0 Å². The molecule has 1 saturated heterocycles. The smallest absolute Gasteiger partial charge is 0.234 e. The standard InChI is InChI=1S/C25H36N4O/c1-28-12-14-29(15-13-28)17-24(30)26-23-9-5-8-20-21-16-19(18-6-3-2-4-7-18)10-11-22(21)27-25(20)23/h10-11,16,18,23,27H,2-9,12-15,17H2,1H3,(H,26,30). The number of fused-ring (bicyclic) bond motifs is 3. The van der Waals surface area contributed by atoms with Crippen molar-refractivity contribution in [1.29, 1.82) is 0 Å². The van der Waals surface area contributed by atoms with Crippen molar-refractivity contribution in [2.24, 2.45) is 0 Å². The number of aromatic amines is 1. The molecule has 3 aliphatic rings. The lowest BCUT2D eigenvalue weighted by Crippen LogP contribution is -2.48. The van der Waals surface area contributed by atoms with Gasteiger partial charge < -0.3 is 15.2 Å².